The van der Waals surface area contributed by atoms with Crippen LogP contribution in [0.25, 0.3) is 0 Å². The molecule has 1 heterocycles. The Morgan fingerprint density at radius 2 is 1.75 bits per heavy atom. The average Bonchev–Trinajstić information content (AvgIpc) is 2.60. The second-order valence-corrected chi connectivity index (χ2v) is 6.65. The maximum atomic E-state index is 12.3. The Hall–Kier alpha value is -2.36. The van der Waals surface area contributed by atoms with Crippen molar-refractivity contribution in [1.29, 1.82) is 0 Å². The molecule has 1 aliphatic rings. The summed E-state index contributed by atoms with van der Waals surface area (Å²) in [5.41, 5.74) is 4.43. The maximum Gasteiger partial charge on any atom is 0.228 e. The summed E-state index contributed by atoms with van der Waals surface area (Å²) >= 11 is 0. The van der Waals surface area contributed by atoms with E-state index in [0.29, 0.717) is 5.82 Å². The van der Waals surface area contributed by atoms with Gasteiger partial charge in [0.25, 0.3) is 0 Å². The molecule has 1 aromatic heterocycles. The van der Waals surface area contributed by atoms with Crippen LogP contribution in [0.3, 0.4) is 0 Å². The number of hydrogen-bond acceptors (Lipinski definition) is 3. The minimum absolute atomic E-state index is 0.109. The van der Waals surface area contributed by atoms with E-state index in [1.165, 1.54) is 17.5 Å². The predicted octanol–water partition coefficient (Wildman–Crippen LogP) is 4.96. The van der Waals surface area contributed by atoms with Gasteiger partial charge in [-0.25, -0.2) is 4.98 Å². The van der Waals surface area contributed by atoms with Gasteiger partial charge in [0.1, 0.15) is 5.82 Å². The molecule has 0 atom stereocenters. The number of anilines is 3. The van der Waals surface area contributed by atoms with Gasteiger partial charge in [-0.1, -0.05) is 37.5 Å². The molecule has 1 fully saturated rings. The SMILES string of the molecule is Cc1cccc(C)c1Nc1ccc(NC(=O)C2CCCCC2)nc1. The first-order valence-corrected chi connectivity index (χ1v) is 8.73. The van der Waals surface area contributed by atoms with E-state index in [4.69, 9.17) is 0 Å². The first kappa shape index (κ1) is 16.5. The molecule has 24 heavy (non-hydrogen) atoms. The number of pyridine rings is 1. The number of aromatic nitrogens is 1. The van der Waals surface area contributed by atoms with Crippen molar-refractivity contribution in [3.63, 3.8) is 0 Å². The number of hydrogen-bond donors (Lipinski definition) is 2. The van der Waals surface area contributed by atoms with Crippen LogP contribution in [0.5, 0.6) is 0 Å². The molecule has 1 saturated carbocycles. The van der Waals surface area contributed by atoms with Crippen LogP contribution in [0, 0.1) is 19.8 Å². The molecular formula is C20H25N3O. The van der Waals surface area contributed by atoms with Gasteiger partial charge >= 0.3 is 0 Å². The topological polar surface area (TPSA) is 54.0 Å². The summed E-state index contributed by atoms with van der Waals surface area (Å²) in [5, 5.41) is 6.36. The van der Waals surface area contributed by atoms with Crippen LogP contribution in [0.15, 0.2) is 36.5 Å². The normalized spacial score (nSPS) is 15.1. The third-order valence-electron chi connectivity index (χ3n) is 4.74. The molecule has 2 aromatic rings. The number of aryl methyl sites for hydroxylation is 2. The smallest absolute Gasteiger partial charge is 0.228 e. The van der Waals surface area contributed by atoms with Crippen LogP contribution >= 0.6 is 0 Å². The summed E-state index contributed by atoms with van der Waals surface area (Å²) < 4.78 is 0. The molecule has 4 nitrogen and oxygen atoms in total. The molecule has 0 radical (unpaired) electrons. The minimum Gasteiger partial charge on any atom is -0.354 e. The minimum atomic E-state index is 0.109. The molecule has 0 spiro atoms. The van der Waals surface area contributed by atoms with Crippen molar-refractivity contribution in [3.8, 4) is 0 Å². The predicted molar refractivity (Wildman–Crippen MR) is 98.6 cm³/mol. The van der Waals surface area contributed by atoms with Gasteiger partial charge in [0.15, 0.2) is 0 Å². The standard InChI is InChI=1S/C20H25N3O/c1-14-7-6-8-15(2)19(14)22-17-11-12-18(21-13-17)23-20(24)16-9-4-3-5-10-16/h6-8,11-13,16,22H,3-5,9-10H2,1-2H3,(H,21,23,24). The van der Waals surface area contributed by atoms with Crippen LogP contribution in [-0.4, -0.2) is 10.9 Å². The summed E-state index contributed by atoms with van der Waals surface area (Å²) in [4.78, 5) is 16.6. The monoisotopic (exact) mass is 323 g/mol. The first-order valence-electron chi connectivity index (χ1n) is 8.73. The Balaban J connectivity index is 1.64. The summed E-state index contributed by atoms with van der Waals surface area (Å²) in [6.07, 6.45) is 7.33. The zero-order valence-electron chi connectivity index (χ0n) is 14.4. The fraction of sp³-hybridized carbons (Fsp3) is 0.400. The fourth-order valence-electron chi connectivity index (χ4n) is 3.29. The lowest BCUT2D eigenvalue weighted by molar-refractivity contribution is -0.120. The van der Waals surface area contributed by atoms with E-state index in [-0.39, 0.29) is 11.8 Å². The van der Waals surface area contributed by atoms with Gasteiger partial charge in [-0.3, -0.25) is 4.79 Å². The number of benzene rings is 1. The van der Waals surface area contributed by atoms with Gasteiger partial charge in [-0.15, -0.1) is 0 Å². The molecule has 1 aliphatic carbocycles. The number of carbonyl (C=O) groups is 1. The third-order valence-corrected chi connectivity index (χ3v) is 4.74. The van der Waals surface area contributed by atoms with E-state index in [1.807, 2.05) is 12.1 Å². The molecule has 0 saturated heterocycles. The van der Waals surface area contributed by atoms with Crippen LogP contribution in [0.1, 0.15) is 43.2 Å². The van der Waals surface area contributed by atoms with Crippen molar-refractivity contribution < 1.29 is 4.79 Å². The summed E-state index contributed by atoms with van der Waals surface area (Å²) in [5.74, 6) is 0.878. The van der Waals surface area contributed by atoms with Crippen LogP contribution in [0.4, 0.5) is 17.2 Å². The van der Waals surface area contributed by atoms with Crippen LogP contribution in [-0.2, 0) is 4.79 Å². The summed E-state index contributed by atoms with van der Waals surface area (Å²) in [6.45, 7) is 4.17. The van der Waals surface area contributed by atoms with E-state index in [0.717, 1.165) is 37.1 Å². The van der Waals surface area contributed by atoms with Gasteiger partial charge in [0.05, 0.1) is 11.9 Å². The van der Waals surface area contributed by atoms with Gasteiger partial charge in [-0.05, 0) is 49.9 Å². The Morgan fingerprint density at radius 3 is 2.38 bits per heavy atom. The zero-order valence-corrected chi connectivity index (χ0v) is 14.4. The summed E-state index contributed by atoms with van der Waals surface area (Å²) in [6, 6.07) is 10.0. The lowest BCUT2D eigenvalue weighted by Crippen LogP contribution is -2.25. The Kier molecular flexibility index (Phi) is 5.14. The van der Waals surface area contributed by atoms with E-state index in [2.05, 4.69) is 47.7 Å². The number of rotatable bonds is 4. The quantitative estimate of drug-likeness (QED) is 0.836. The maximum absolute atomic E-state index is 12.3. The molecule has 126 valence electrons. The lowest BCUT2D eigenvalue weighted by Gasteiger charge is -2.20. The highest BCUT2D eigenvalue weighted by Gasteiger charge is 2.21. The molecule has 0 bridgehead atoms. The molecule has 1 amide bonds. The second kappa shape index (κ2) is 7.47. The molecular weight excluding hydrogens is 298 g/mol. The van der Waals surface area contributed by atoms with E-state index >= 15 is 0 Å². The van der Waals surface area contributed by atoms with Crippen molar-refractivity contribution in [2.75, 3.05) is 10.6 Å². The molecule has 2 N–H and O–H groups in total. The van der Waals surface area contributed by atoms with Gasteiger partial charge < -0.3 is 10.6 Å². The largest absolute Gasteiger partial charge is 0.354 e. The molecule has 4 heteroatoms. The van der Waals surface area contributed by atoms with Crippen molar-refractivity contribution in [3.05, 3.63) is 47.7 Å². The van der Waals surface area contributed by atoms with Crippen molar-refractivity contribution in [2.24, 2.45) is 5.92 Å². The van der Waals surface area contributed by atoms with Crippen LogP contribution in [0.2, 0.25) is 0 Å². The Morgan fingerprint density at radius 1 is 1.04 bits per heavy atom. The fourth-order valence-corrected chi connectivity index (χ4v) is 3.29. The lowest BCUT2D eigenvalue weighted by atomic mass is 9.89. The Bertz CT molecular complexity index is 683. The molecule has 0 aliphatic heterocycles. The van der Waals surface area contributed by atoms with Crippen molar-refractivity contribution in [2.45, 2.75) is 46.0 Å². The number of nitrogens with zero attached hydrogens (tertiary/aromatic N) is 1. The second-order valence-electron chi connectivity index (χ2n) is 6.65. The average molecular weight is 323 g/mol. The van der Waals surface area contributed by atoms with Gasteiger partial charge in [0, 0.05) is 11.6 Å². The highest BCUT2D eigenvalue weighted by Crippen LogP contribution is 2.26. The number of para-hydroxylation sites is 1. The first-order chi connectivity index (χ1) is 11.6. The van der Waals surface area contributed by atoms with Crippen molar-refractivity contribution >= 4 is 23.1 Å². The van der Waals surface area contributed by atoms with Crippen molar-refractivity contribution in [1.82, 2.24) is 4.98 Å². The van der Waals surface area contributed by atoms with Gasteiger partial charge in [-0.2, -0.15) is 0 Å². The highest BCUT2D eigenvalue weighted by molar-refractivity contribution is 5.91. The highest BCUT2D eigenvalue weighted by atomic mass is 16.1. The van der Waals surface area contributed by atoms with E-state index in [1.54, 1.807) is 6.20 Å². The third kappa shape index (κ3) is 3.94. The van der Waals surface area contributed by atoms with Gasteiger partial charge in [0.2, 0.25) is 5.91 Å². The zero-order chi connectivity index (χ0) is 16.9. The molecule has 3 rings (SSSR count). The summed E-state index contributed by atoms with van der Waals surface area (Å²) in [7, 11) is 0. The number of amides is 1. The number of nitrogens with one attached hydrogen (secondary N) is 2. The number of carbonyl (C=O) groups excluding carboxylic acids is 1. The Labute approximate surface area is 143 Å². The molecule has 1 aromatic carbocycles. The molecule has 0 unspecified atom stereocenters. The van der Waals surface area contributed by atoms with Crippen LogP contribution < -0.4 is 10.6 Å². The van der Waals surface area contributed by atoms with E-state index < -0.39 is 0 Å². The van der Waals surface area contributed by atoms with E-state index in [9.17, 15) is 4.79 Å².